The molecule has 0 bridgehead atoms. The lowest BCUT2D eigenvalue weighted by Gasteiger charge is -2.21. The Kier molecular flexibility index (Phi) is 3.78. The van der Waals surface area contributed by atoms with Crippen LogP contribution in [0.5, 0.6) is 5.75 Å². The molecule has 0 atom stereocenters. The highest BCUT2D eigenvalue weighted by Gasteiger charge is 2.38. The van der Waals surface area contributed by atoms with Gasteiger partial charge >= 0.3 is 0 Å². The first-order valence-electron chi connectivity index (χ1n) is 5.92. The summed E-state index contributed by atoms with van der Waals surface area (Å²) in [6.45, 7) is 0. The molecule has 0 radical (unpaired) electrons. The van der Waals surface area contributed by atoms with E-state index in [0.29, 0.717) is 29.3 Å². The Morgan fingerprint density at radius 1 is 1.44 bits per heavy atom. The second kappa shape index (κ2) is 5.16. The molecule has 1 fully saturated rings. The number of rotatable bonds is 3. The van der Waals surface area contributed by atoms with E-state index in [4.69, 9.17) is 16.3 Å². The van der Waals surface area contributed by atoms with Crippen molar-refractivity contribution in [2.45, 2.75) is 31.3 Å². The molecule has 0 heterocycles. The molecule has 0 spiro atoms. The van der Waals surface area contributed by atoms with Crippen LogP contribution in [0, 0.1) is 0 Å². The zero-order valence-corrected chi connectivity index (χ0v) is 11.0. The standard InChI is InChI=1S/C13H16ClNO3/c1-18-9-4-5-11(10(14)8-9)15-12(16)13(17)6-2-3-7-13/h4-5,8,17H,2-3,6-7H2,1H3,(H,15,16). The first kappa shape index (κ1) is 13.2. The summed E-state index contributed by atoms with van der Waals surface area (Å²) in [6.07, 6.45) is 2.76. The van der Waals surface area contributed by atoms with E-state index < -0.39 is 5.60 Å². The minimum absolute atomic E-state index is 0.382. The molecule has 98 valence electrons. The number of benzene rings is 1. The van der Waals surface area contributed by atoms with Gasteiger partial charge in [-0.05, 0) is 37.8 Å². The third-order valence-electron chi connectivity index (χ3n) is 3.28. The molecule has 2 N–H and O–H groups in total. The van der Waals surface area contributed by atoms with Gasteiger partial charge in [0.05, 0.1) is 17.8 Å². The van der Waals surface area contributed by atoms with Crippen LogP contribution in [0.3, 0.4) is 0 Å². The van der Waals surface area contributed by atoms with E-state index in [1.807, 2.05) is 0 Å². The average Bonchev–Trinajstić information content (AvgIpc) is 2.80. The summed E-state index contributed by atoms with van der Waals surface area (Å²) < 4.78 is 5.03. The molecular formula is C13H16ClNO3. The number of halogens is 1. The van der Waals surface area contributed by atoms with Gasteiger partial charge in [0, 0.05) is 6.07 Å². The number of aliphatic hydroxyl groups is 1. The molecule has 0 unspecified atom stereocenters. The average molecular weight is 270 g/mol. The fraction of sp³-hybridized carbons (Fsp3) is 0.462. The minimum atomic E-state index is -1.25. The quantitative estimate of drug-likeness (QED) is 0.887. The second-order valence-electron chi connectivity index (χ2n) is 4.54. The van der Waals surface area contributed by atoms with Crippen LogP contribution < -0.4 is 10.1 Å². The maximum atomic E-state index is 12.0. The van der Waals surface area contributed by atoms with Crippen molar-refractivity contribution < 1.29 is 14.6 Å². The highest BCUT2D eigenvalue weighted by molar-refractivity contribution is 6.34. The molecule has 4 nitrogen and oxygen atoms in total. The van der Waals surface area contributed by atoms with Crippen molar-refractivity contribution in [1.29, 1.82) is 0 Å². The fourth-order valence-electron chi connectivity index (χ4n) is 2.15. The molecule has 1 saturated carbocycles. The molecule has 1 aromatic carbocycles. The number of methoxy groups -OCH3 is 1. The number of hydrogen-bond acceptors (Lipinski definition) is 3. The first-order chi connectivity index (χ1) is 8.55. The molecule has 1 aromatic rings. The summed E-state index contributed by atoms with van der Waals surface area (Å²) in [4.78, 5) is 12.0. The van der Waals surface area contributed by atoms with Crippen molar-refractivity contribution in [3.8, 4) is 5.75 Å². The summed E-state index contributed by atoms with van der Waals surface area (Å²) in [5.41, 5.74) is -0.758. The van der Waals surface area contributed by atoms with Crippen LogP contribution in [-0.4, -0.2) is 23.7 Å². The zero-order chi connectivity index (χ0) is 13.2. The van der Waals surface area contributed by atoms with E-state index in [-0.39, 0.29) is 5.91 Å². The van der Waals surface area contributed by atoms with Gasteiger partial charge in [0.25, 0.3) is 5.91 Å². The van der Waals surface area contributed by atoms with Gasteiger partial charge in [0.1, 0.15) is 11.4 Å². The number of carbonyl (C=O) groups is 1. The lowest BCUT2D eigenvalue weighted by Crippen LogP contribution is -2.40. The molecule has 18 heavy (non-hydrogen) atoms. The van der Waals surface area contributed by atoms with E-state index in [9.17, 15) is 9.90 Å². The van der Waals surface area contributed by atoms with Gasteiger partial charge in [-0.3, -0.25) is 4.79 Å². The van der Waals surface area contributed by atoms with Crippen LogP contribution in [-0.2, 0) is 4.79 Å². The summed E-state index contributed by atoms with van der Waals surface area (Å²) in [6, 6.07) is 4.99. The van der Waals surface area contributed by atoms with Gasteiger partial charge in [-0.2, -0.15) is 0 Å². The van der Waals surface area contributed by atoms with E-state index in [1.54, 1.807) is 25.3 Å². The predicted octanol–water partition coefficient (Wildman–Crippen LogP) is 2.59. The third-order valence-corrected chi connectivity index (χ3v) is 3.59. The van der Waals surface area contributed by atoms with E-state index >= 15 is 0 Å². The smallest absolute Gasteiger partial charge is 0.256 e. The van der Waals surface area contributed by atoms with E-state index in [2.05, 4.69) is 5.32 Å². The van der Waals surface area contributed by atoms with Gasteiger partial charge in [-0.15, -0.1) is 0 Å². The Labute approximate surface area is 111 Å². The van der Waals surface area contributed by atoms with Gasteiger partial charge in [0.2, 0.25) is 0 Å². The molecule has 5 heteroatoms. The van der Waals surface area contributed by atoms with Crippen molar-refractivity contribution in [1.82, 2.24) is 0 Å². The number of anilines is 1. The van der Waals surface area contributed by atoms with Crippen LogP contribution in [0.4, 0.5) is 5.69 Å². The molecule has 1 aliphatic carbocycles. The summed E-state index contributed by atoms with van der Waals surface area (Å²) in [5.74, 6) is 0.240. The third kappa shape index (κ3) is 2.60. The second-order valence-corrected chi connectivity index (χ2v) is 4.95. The number of ether oxygens (including phenoxy) is 1. The molecule has 1 aliphatic rings. The van der Waals surface area contributed by atoms with Crippen molar-refractivity contribution >= 4 is 23.2 Å². The van der Waals surface area contributed by atoms with Gasteiger partial charge in [0.15, 0.2) is 0 Å². The van der Waals surface area contributed by atoms with E-state index in [0.717, 1.165) is 12.8 Å². The van der Waals surface area contributed by atoms with Crippen molar-refractivity contribution in [3.63, 3.8) is 0 Å². The highest BCUT2D eigenvalue weighted by Crippen LogP contribution is 2.32. The lowest BCUT2D eigenvalue weighted by atomic mass is 10.0. The summed E-state index contributed by atoms with van der Waals surface area (Å²) >= 11 is 6.03. The monoisotopic (exact) mass is 269 g/mol. The van der Waals surface area contributed by atoms with Gasteiger partial charge < -0.3 is 15.2 Å². The number of amides is 1. The number of carbonyl (C=O) groups excluding carboxylic acids is 1. The van der Waals surface area contributed by atoms with Crippen LogP contribution in [0.2, 0.25) is 5.02 Å². The molecular weight excluding hydrogens is 254 g/mol. The van der Waals surface area contributed by atoms with Gasteiger partial charge in [-0.25, -0.2) is 0 Å². The molecule has 0 saturated heterocycles. The molecule has 0 aliphatic heterocycles. The Morgan fingerprint density at radius 2 is 2.11 bits per heavy atom. The predicted molar refractivity (Wildman–Crippen MR) is 70.1 cm³/mol. The van der Waals surface area contributed by atoms with Crippen LogP contribution in [0.25, 0.3) is 0 Å². The fourth-order valence-corrected chi connectivity index (χ4v) is 2.37. The summed E-state index contributed by atoms with van der Waals surface area (Å²) in [7, 11) is 1.55. The Morgan fingerprint density at radius 3 is 2.67 bits per heavy atom. The van der Waals surface area contributed by atoms with Crippen LogP contribution >= 0.6 is 11.6 Å². The van der Waals surface area contributed by atoms with Gasteiger partial charge in [-0.1, -0.05) is 11.6 Å². The topological polar surface area (TPSA) is 58.6 Å². The van der Waals surface area contributed by atoms with Crippen molar-refractivity contribution in [2.75, 3.05) is 12.4 Å². The number of hydrogen-bond donors (Lipinski definition) is 2. The molecule has 0 aromatic heterocycles. The van der Waals surface area contributed by atoms with Crippen molar-refractivity contribution in [2.24, 2.45) is 0 Å². The molecule has 2 rings (SSSR count). The highest BCUT2D eigenvalue weighted by atomic mass is 35.5. The first-order valence-corrected chi connectivity index (χ1v) is 6.30. The largest absolute Gasteiger partial charge is 0.497 e. The molecule has 1 amide bonds. The lowest BCUT2D eigenvalue weighted by molar-refractivity contribution is -0.133. The van der Waals surface area contributed by atoms with E-state index in [1.165, 1.54) is 0 Å². The Balaban J connectivity index is 2.12. The van der Waals surface area contributed by atoms with Crippen molar-refractivity contribution in [3.05, 3.63) is 23.2 Å². The normalized spacial score (nSPS) is 17.5. The SMILES string of the molecule is COc1ccc(NC(=O)C2(O)CCCC2)c(Cl)c1. The Bertz CT molecular complexity index is 456. The summed E-state index contributed by atoms with van der Waals surface area (Å²) in [5, 5.41) is 13.2. The Hall–Kier alpha value is -1.26. The number of nitrogens with one attached hydrogen (secondary N) is 1. The van der Waals surface area contributed by atoms with Crippen LogP contribution in [0.1, 0.15) is 25.7 Å². The zero-order valence-electron chi connectivity index (χ0n) is 10.2. The minimum Gasteiger partial charge on any atom is -0.497 e. The van der Waals surface area contributed by atoms with Crippen LogP contribution in [0.15, 0.2) is 18.2 Å². The maximum absolute atomic E-state index is 12.0. The maximum Gasteiger partial charge on any atom is 0.256 e.